The van der Waals surface area contributed by atoms with Gasteiger partial charge < -0.3 is 5.73 Å². The number of rotatable bonds is 2. The predicted octanol–water partition coefficient (Wildman–Crippen LogP) is 0.920. The molecular formula is C10H13N5. The summed E-state index contributed by atoms with van der Waals surface area (Å²) in [5, 5.41) is 4.26. The van der Waals surface area contributed by atoms with E-state index in [0.717, 1.165) is 23.0 Å². The number of nitrogens with zero attached hydrogens (tertiary/aromatic N) is 4. The van der Waals surface area contributed by atoms with Crippen LogP contribution in [0, 0.1) is 13.8 Å². The van der Waals surface area contributed by atoms with Crippen LogP contribution in [-0.2, 0) is 6.54 Å². The standard InChI is InChI=1S/C10H13N5/c1-7-13-8(2)15(14-7)6-10-5-9(11)3-4-12-10/h3-5H,6H2,1-2H3,(H2,11,12). The molecule has 2 heterocycles. The van der Waals surface area contributed by atoms with Crippen LogP contribution in [0.25, 0.3) is 0 Å². The summed E-state index contributed by atoms with van der Waals surface area (Å²) in [4.78, 5) is 8.44. The molecule has 0 saturated heterocycles. The van der Waals surface area contributed by atoms with Crippen LogP contribution in [0.5, 0.6) is 0 Å². The average molecular weight is 203 g/mol. The van der Waals surface area contributed by atoms with Gasteiger partial charge in [0.2, 0.25) is 0 Å². The molecule has 2 aromatic heterocycles. The first-order chi connectivity index (χ1) is 7.15. The monoisotopic (exact) mass is 203 g/mol. The fourth-order valence-corrected chi connectivity index (χ4v) is 1.45. The summed E-state index contributed by atoms with van der Waals surface area (Å²) in [5.41, 5.74) is 7.28. The van der Waals surface area contributed by atoms with Crippen molar-refractivity contribution in [3.63, 3.8) is 0 Å². The zero-order valence-corrected chi connectivity index (χ0v) is 8.81. The van der Waals surface area contributed by atoms with Crippen molar-refractivity contribution in [3.05, 3.63) is 35.7 Å². The molecule has 0 fully saturated rings. The lowest BCUT2D eigenvalue weighted by Gasteiger charge is -2.02. The first-order valence-corrected chi connectivity index (χ1v) is 4.73. The predicted molar refractivity (Wildman–Crippen MR) is 57.2 cm³/mol. The van der Waals surface area contributed by atoms with E-state index in [4.69, 9.17) is 5.73 Å². The van der Waals surface area contributed by atoms with Gasteiger partial charge in [-0.1, -0.05) is 0 Å². The Morgan fingerprint density at radius 2 is 2.20 bits per heavy atom. The van der Waals surface area contributed by atoms with Crippen molar-refractivity contribution in [1.82, 2.24) is 19.7 Å². The van der Waals surface area contributed by atoms with E-state index in [1.54, 1.807) is 12.3 Å². The Kier molecular flexibility index (Phi) is 2.37. The van der Waals surface area contributed by atoms with Crippen LogP contribution in [0.1, 0.15) is 17.3 Å². The highest BCUT2D eigenvalue weighted by Crippen LogP contribution is 2.06. The number of aromatic nitrogens is 4. The van der Waals surface area contributed by atoms with Crippen molar-refractivity contribution in [2.75, 3.05) is 5.73 Å². The Morgan fingerprint density at radius 3 is 2.80 bits per heavy atom. The number of hydrogen-bond acceptors (Lipinski definition) is 4. The van der Waals surface area contributed by atoms with Gasteiger partial charge in [-0.3, -0.25) is 4.98 Å². The normalized spacial score (nSPS) is 10.5. The van der Waals surface area contributed by atoms with Gasteiger partial charge in [0, 0.05) is 11.9 Å². The molecular weight excluding hydrogens is 190 g/mol. The average Bonchev–Trinajstić information content (AvgIpc) is 2.45. The lowest BCUT2D eigenvalue weighted by Crippen LogP contribution is -2.06. The number of aryl methyl sites for hydroxylation is 2. The maximum atomic E-state index is 5.67. The molecule has 0 radical (unpaired) electrons. The smallest absolute Gasteiger partial charge is 0.147 e. The van der Waals surface area contributed by atoms with Crippen LogP contribution in [-0.4, -0.2) is 19.7 Å². The molecule has 15 heavy (non-hydrogen) atoms. The molecule has 2 rings (SSSR count). The molecule has 2 aromatic rings. The van der Waals surface area contributed by atoms with Gasteiger partial charge in [-0.2, -0.15) is 5.10 Å². The van der Waals surface area contributed by atoms with Gasteiger partial charge in [-0.05, 0) is 26.0 Å². The van der Waals surface area contributed by atoms with E-state index in [9.17, 15) is 0 Å². The summed E-state index contributed by atoms with van der Waals surface area (Å²) in [6.45, 7) is 4.40. The van der Waals surface area contributed by atoms with Gasteiger partial charge >= 0.3 is 0 Å². The molecule has 0 aliphatic heterocycles. The molecule has 0 bridgehead atoms. The van der Waals surface area contributed by atoms with E-state index in [1.807, 2.05) is 24.6 Å². The lowest BCUT2D eigenvalue weighted by atomic mass is 10.3. The third kappa shape index (κ3) is 2.12. The molecule has 0 saturated carbocycles. The lowest BCUT2D eigenvalue weighted by molar-refractivity contribution is 0.644. The minimum atomic E-state index is 0.609. The highest BCUT2D eigenvalue weighted by Gasteiger charge is 2.03. The zero-order chi connectivity index (χ0) is 10.8. The minimum Gasteiger partial charge on any atom is -0.399 e. The van der Waals surface area contributed by atoms with Crippen LogP contribution >= 0.6 is 0 Å². The molecule has 0 amide bonds. The zero-order valence-electron chi connectivity index (χ0n) is 8.81. The Hall–Kier alpha value is -1.91. The molecule has 2 N–H and O–H groups in total. The van der Waals surface area contributed by atoms with Gasteiger partial charge in [-0.15, -0.1) is 0 Å². The first-order valence-electron chi connectivity index (χ1n) is 4.73. The van der Waals surface area contributed by atoms with Crippen molar-refractivity contribution >= 4 is 5.69 Å². The van der Waals surface area contributed by atoms with Crippen molar-refractivity contribution in [3.8, 4) is 0 Å². The summed E-state index contributed by atoms with van der Waals surface area (Å²) < 4.78 is 1.82. The number of nitrogens with two attached hydrogens (primary N) is 1. The van der Waals surface area contributed by atoms with Crippen LogP contribution in [0.15, 0.2) is 18.3 Å². The molecule has 78 valence electrons. The van der Waals surface area contributed by atoms with E-state index in [2.05, 4.69) is 15.1 Å². The largest absolute Gasteiger partial charge is 0.399 e. The van der Waals surface area contributed by atoms with Gasteiger partial charge in [0.1, 0.15) is 11.6 Å². The molecule has 0 aliphatic carbocycles. The second kappa shape index (κ2) is 3.68. The third-order valence-electron chi connectivity index (χ3n) is 2.11. The Bertz CT molecular complexity index is 474. The second-order valence-corrected chi connectivity index (χ2v) is 3.44. The minimum absolute atomic E-state index is 0.609. The molecule has 0 atom stereocenters. The summed E-state index contributed by atoms with van der Waals surface area (Å²) in [6, 6.07) is 3.61. The van der Waals surface area contributed by atoms with E-state index in [0.29, 0.717) is 6.54 Å². The first kappa shape index (κ1) is 9.64. The fourth-order valence-electron chi connectivity index (χ4n) is 1.45. The summed E-state index contributed by atoms with van der Waals surface area (Å²) >= 11 is 0. The van der Waals surface area contributed by atoms with Gasteiger partial charge in [-0.25, -0.2) is 9.67 Å². The number of hydrogen-bond donors (Lipinski definition) is 1. The summed E-state index contributed by atoms with van der Waals surface area (Å²) in [7, 11) is 0. The van der Waals surface area contributed by atoms with Crippen molar-refractivity contribution in [2.24, 2.45) is 0 Å². The molecule has 0 unspecified atom stereocenters. The van der Waals surface area contributed by atoms with Crippen LogP contribution in [0.4, 0.5) is 5.69 Å². The number of pyridine rings is 1. The van der Waals surface area contributed by atoms with Gasteiger partial charge in [0.05, 0.1) is 12.2 Å². The van der Waals surface area contributed by atoms with E-state index in [-0.39, 0.29) is 0 Å². The highest BCUT2D eigenvalue weighted by atomic mass is 15.3. The maximum Gasteiger partial charge on any atom is 0.147 e. The Labute approximate surface area is 88.0 Å². The molecule has 5 nitrogen and oxygen atoms in total. The molecule has 0 aromatic carbocycles. The fraction of sp³-hybridized carbons (Fsp3) is 0.300. The number of nitrogen functional groups attached to an aromatic ring is 1. The Balaban J connectivity index is 2.25. The van der Waals surface area contributed by atoms with Crippen LogP contribution in [0.2, 0.25) is 0 Å². The van der Waals surface area contributed by atoms with Crippen LogP contribution < -0.4 is 5.73 Å². The molecule has 5 heteroatoms. The van der Waals surface area contributed by atoms with Gasteiger partial charge in [0.25, 0.3) is 0 Å². The summed E-state index contributed by atoms with van der Waals surface area (Å²) in [5.74, 6) is 1.66. The quantitative estimate of drug-likeness (QED) is 0.788. The molecule has 0 spiro atoms. The topological polar surface area (TPSA) is 69.6 Å². The highest BCUT2D eigenvalue weighted by molar-refractivity contribution is 5.37. The maximum absolute atomic E-state index is 5.67. The van der Waals surface area contributed by atoms with E-state index < -0.39 is 0 Å². The van der Waals surface area contributed by atoms with Gasteiger partial charge in [0.15, 0.2) is 0 Å². The second-order valence-electron chi connectivity index (χ2n) is 3.44. The number of anilines is 1. The van der Waals surface area contributed by atoms with Crippen molar-refractivity contribution < 1.29 is 0 Å². The van der Waals surface area contributed by atoms with Crippen molar-refractivity contribution in [2.45, 2.75) is 20.4 Å². The Morgan fingerprint density at radius 1 is 1.40 bits per heavy atom. The van der Waals surface area contributed by atoms with E-state index in [1.165, 1.54) is 0 Å². The van der Waals surface area contributed by atoms with Crippen LogP contribution in [0.3, 0.4) is 0 Å². The van der Waals surface area contributed by atoms with Crippen molar-refractivity contribution in [1.29, 1.82) is 0 Å². The third-order valence-corrected chi connectivity index (χ3v) is 2.11. The molecule has 0 aliphatic rings. The van der Waals surface area contributed by atoms with E-state index >= 15 is 0 Å². The summed E-state index contributed by atoms with van der Waals surface area (Å²) in [6.07, 6.45) is 1.70. The SMILES string of the molecule is Cc1nc(C)n(Cc2cc(N)ccn2)n1.